The number of piperidine rings is 1. The Morgan fingerprint density at radius 1 is 1.40 bits per heavy atom. The maximum absolute atomic E-state index is 12.3. The van der Waals surface area contributed by atoms with Crippen molar-refractivity contribution < 1.29 is 14.7 Å². The van der Waals surface area contributed by atoms with Crippen LogP contribution in [0, 0.1) is 5.92 Å². The molecule has 2 N–H and O–H groups in total. The second-order valence-corrected chi connectivity index (χ2v) is 6.18. The van der Waals surface area contributed by atoms with E-state index in [2.05, 4.69) is 5.32 Å². The van der Waals surface area contributed by atoms with Gasteiger partial charge in [0.05, 0.1) is 5.60 Å². The van der Waals surface area contributed by atoms with Crippen molar-refractivity contribution in [3.8, 4) is 0 Å². The quantitative estimate of drug-likeness (QED) is 0.799. The van der Waals surface area contributed by atoms with Gasteiger partial charge in [0.15, 0.2) is 0 Å². The molecule has 1 aliphatic rings. The van der Waals surface area contributed by atoms with Crippen molar-refractivity contribution in [1.29, 1.82) is 0 Å². The van der Waals surface area contributed by atoms with Crippen LogP contribution >= 0.6 is 0 Å². The SMILES string of the molecule is CCC(=O)N1CCCCC1C(=O)NCC(C)(O)C(C)C. The molecule has 0 saturated carbocycles. The second-order valence-electron chi connectivity index (χ2n) is 6.18. The number of likely N-dealkylation sites (tertiary alicyclic amines) is 1. The highest BCUT2D eigenvalue weighted by Crippen LogP contribution is 2.19. The summed E-state index contributed by atoms with van der Waals surface area (Å²) in [6.07, 6.45) is 3.06. The minimum atomic E-state index is -0.927. The highest BCUT2D eigenvalue weighted by atomic mass is 16.3. The van der Waals surface area contributed by atoms with Crippen LogP contribution < -0.4 is 5.32 Å². The molecular formula is C15H28N2O3. The van der Waals surface area contributed by atoms with E-state index in [1.165, 1.54) is 0 Å². The van der Waals surface area contributed by atoms with Crippen LogP contribution in [0.4, 0.5) is 0 Å². The smallest absolute Gasteiger partial charge is 0.242 e. The molecular weight excluding hydrogens is 256 g/mol. The van der Waals surface area contributed by atoms with E-state index in [4.69, 9.17) is 0 Å². The van der Waals surface area contributed by atoms with Crippen LogP contribution in [0.15, 0.2) is 0 Å². The molecule has 5 nitrogen and oxygen atoms in total. The molecule has 2 unspecified atom stereocenters. The number of nitrogens with one attached hydrogen (secondary N) is 1. The maximum Gasteiger partial charge on any atom is 0.242 e. The van der Waals surface area contributed by atoms with Crippen molar-refractivity contribution in [3.63, 3.8) is 0 Å². The van der Waals surface area contributed by atoms with E-state index in [9.17, 15) is 14.7 Å². The summed E-state index contributed by atoms with van der Waals surface area (Å²) in [5.74, 6) is -0.0598. The number of nitrogens with zero attached hydrogens (tertiary/aromatic N) is 1. The molecule has 116 valence electrons. The Balaban J connectivity index is 2.62. The third-order valence-electron chi connectivity index (χ3n) is 4.29. The summed E-state index contributed by atoms with van der Waals surface area (Å²) in [6, 6.07) is -0.376. The molecule has 2 atom stereocenters. The van der Waals surface area contributed by atoms with E-state index < -0.39 is 5.60 Å². The topological polar surface area (TPSA) is 69.6 Å². The zero-order chi connectivity index (χ0) is 15.3. The van der Waals surface area contributed by atoms with Crippen molar-refractivity contribution in [3.05, 3.63) is 0 Å². The first kappa shape index (κ1) is 17.0. The zero-order valence-electron chi connectivity index (χ0n) is 13.1. The number of carbonyl (C=O) groups is 2. The summed E-state index contributed by atoms with van der Waals surface area (Å²) in [6.45, 7) is 8.24. The van der Waals surface area contributed by atoms with Crippen LogP contribution in [-0.4, -0.2) is 46.6 Å². The van der Waals surface area contributed by atoms with Gasteiger partial charge in [-0.2, -0.15) is 0 Å². The average Bonchev–Trinajstić information content (AvgIpc) is 2.43. The van der Waals surface area contributed by atoms with Crippen molar-refractivity contribution in [2.75, 3.05) is 13.1 Å². The lowest BCUT2D eigenvalue weighted by Crippen LogP contribution is -2.54. The lowest BCUT2D eigenvalue weighted by Gasteiger charge is -2.36. The Bertz CT molecular complexity index is 353. The highest BCUT2D eigenvalue weighted by molar-refractivity contribution is 5.87. The molecule has 0 aliphatic carbocycles. The molecule has 1 fully saturated rings. The lowest BCUT2D eigenvalue weighted by molar-refractivity contribution is -0.142. The van der Waals surface area contributed by atoms with Crippen molar-refractivity contribution in [2.24, 2.45) is 5.92 Å². The normalized spacial score (nSPS) is 22.5. The van der Waals surface area contributed by atoms with Crippen molar-refractivity contribution >= 4 is 11.8 Å². The first-order valence-electron chi connectivity index (χ1n) is 7.59. The molecule has 20 heavy (non-hydrogen) atoms. The molecule has 1 heterocycles. The molecule has 0 radical (unpaired) electrons. The Morgan fingerprint density at radius 3 is 2.60 bits per heavy atom. The van der Waals surface area contributed by atoms with Gasteiger partial charge in [0.2, 0.25) is 11.8 Å². The number of rotatable bonds is 5. The van der Waals surface area contributed by atoms with E-state index in [0.29, 0.717) is 19.4 Å². The molecule has 1 rings (SSSR count). The fraction of sp³-hybridized carbons (Fsp3) is 0.867. The first-order valence-corrected chi connectivity index (χ1v) is 7.59. The number of carbonyl (C=O) groups excluding carboxylic acids is 2. The fourth-order valence-electron chi connectivity index (χ4n) is 2.29. The summed E-state index contributed by atoms with van der Waals surface area (Å²) < 4.78 is 0. The third-order valence-corrected chi connectivity index (χ3v) is 4.29. The number of hydrogen-bond donors (Lipinski definition) is 2. The van der Waals surface area contributed by atoms with E-state index >= 15 is 0 Å². The van der Waals surface area contributed by atoms with Gasteiger partial charge in [-0.1, -0.05) is 20.8 Å². The standard InChI is InChI=1S/C15H28N2O3/c1-5-13(18)17-9-7-6-8-12(17)14(19)16-10-15(4,20)11(2)3/h11-12,20H,5-10H2,1-4H3,(H,16,19). The fourth-order valence-corrected chi connectivity index (χ4v) is 2.29. The molecule has 2 amide bonds. The van der Waals surface area contributed by atoms with Gasteiger partial charge in [-0.3, -0.25) is 9.59 Å². The van der Waals surface area contributed by atoms with Gasteiger partial charge >= 0.3 is 0 Å². The Morgan fingerprint density at radius 2 is 2.05 bits per heavy atom. The number of hydrogen-bond acceptors (Lipinski definition) is 3. The average molecular weight is 284 g/mol. The third kappa shape index (κ3) is 4.20. The monoisotopic (exact) mass is 284 g/mol. The highest BCUT2D eigenvalue weighted by Gasteiger charge is 2.33. The molecule has 1 aliphatic heterocycles. The number of amides is 2. The van der Waals surface area contributed by atoms with Crippen LogP contribution in [0.5, 0.6) is 0 Å². The van der Waals surface area contributed by atoms with Crippen LogP contribution in [-0.2, 0) is 9.59 Å². The van der Waals surface area contributed by atoms with E-state index in [0.717, 1.165) is 12.8 Å². The van der Waals surface area contributed by atoms with Crippen molar-refractivity contribution in [1.82, 2.24) is 10.2 Å². The second kappa shape index (κ2) is 7.07. The summed E-state index contributed by atoms with van der Waals surface area (Å²) in [5, 5.41) is 13.0. The van der Waals surface area contributed by atoms with E-state index in [1.807, 2.05) is 20.8 Å². The first-order chi connectivity index (χ1) is 9.29. The minimum Gasteiger partial charge on any atom is -0.388 e. The zero-order valence-corrected chi connectivity index (χ0v) is 13.1. The predicted octanol–water partition coefficient (Wildman–Crippen LogP) is 1.30. The van der Waals surface area contributed by atoms with Crippen LogP contribution in [0.2, 0.25) is 0 Å². The van der Waals surface area contributed by atoms with Gasteiger partial charge in [-0.25, -0.2) is 0 Å². The predicted molar refractivity (Wildman–Crippen MR) is 78.1 cm³/mol. The largest absolute Gasteiger partial charge is 0.388 e. The Labute approximate surface area is 121 Å². The molecule has 0 spiro atoms. The molecule has 5 heteroatoms. The lowest BCUT2D eigenvalue weighted by atomic mass is 9.92. The van der Waals surface area contributed by atoms with Gasteiger partial charge in [0.1, 0.15) is 6.04 Å². The molecule has 0 aromatic carbocycles. The van der Waals surface area contributed by atoms with Gasteiger partial charge < -0.3 is 15.3 Å². The van der Waals surface area contributed by atoms with E-state index in [-0.39, 0.29) is 30.3 Å². The van der Waals surface area contributed by atoms with Crippen molar-refractivity contribution in [2.45, 2.75) is 65.0 Å². The molecule has 0 aromatic rings. The number of aliphatic hydroxyl groups is 1. The summed E-state index contributed by atoms with van der Waals surface area (Å²) >= 11 is 0. The Kier molecular flexibility index (Phi) is 5.99. The molecule has 0 aromatic heterocycles. The van der Waals surface area contributed by atoms with Gasteiger partial charge in [-0.15, -0.1) is 0 Å². The van der Waals surface area contributed by atoms with Gasteiger partial charge in [0, 0.05) is 19.5 Å². The van der Waals surface area contributed by atoms with Crippen LogP contribution in [0.25, 0.3) is 0 Å². The Hall–Kier alpha value is -1.10. The summed E-state index contributed by atoms with van der Waals surface area (Å²) in [5.41, 5.74) is -0.927. The van der Waals surface area contributed by atoms with Gasteiger partial charge in [-0.05, 0) is 32.1 Å². The van der Waals surface area contributed by atoms with Crippen LogP contribution in [0.3, 0.4) is 0 Å². The minimum absolute atomic E-state index is 0.0282. The molecule has 0 bridgehead atoms. The summed E-state index contributed by atoms with van der Waals surface area (Å²) in [7, 11) is 0. The van der Waals surface area contributed by atoms with Crippen LogP contribution in [0.1, 0.15) is 53.4 Å². The van der Waals surface area contributed by atoms with Gasteiger partial charge in [0.25, 0.3) is 0 Å². The molecule has 1 saturated heterocycles. The maximum atomic E-state index is 12.3. The summed E-state index contributed by atoms with van der Waals surface area (Å²) in [4.78, 5) is 25.9. The van der Waals surface area contributed by atoms with E-state index in [1.54, 1.807) is 11.8 Å².